The molecule has 1 aliphatic heterocycles. The molecule has 9 nitrogen and oxygen atoms in total. The van der Waals surface area contributed by atoms with Gasteiger partial charge in [-0.2, -0.15) is 9.61 Å². The standard InChI is InChI=1S/C19H24F2N8O/c1-19(2,3)18-23-22-13-6-7-14(24-29(13)18)28-8-11(9-28)27(5)17(30)12-10-26(4)25-15(12)16(20)21/h6-7,10-11,16H,8-9H2,1-5H3. The molecule has 0 atom stereocenters. The summed E-state index contributed by atoms with van der Waals surface area (Å²) >= 11 is 0. The van der Waals surface area contributed by atoms with Crippen LogP contribution in [0.5, 0.6) is 0 Å². The van der Waals surface area contributed by atoms with Crippen LogP contribution < -0.4 is 4.90 Å². The molecule has 0 bridgehead atoms. The number of carbonyl (C=O) groups is 1. The lowest BCUT2D eigenvalue weighted by atomic mass is 9.96. The fourth-order valence-electron chi connectivity index (χ4n) is 3.49. The summed E-state index contributed by atoms with van der Waals surface area (Å²) in [7, 11) is 3.15. The molecule has 1 fully saturated rings. The lowest BCUT2D eigenvalue weighted by molar-refractivity contribution is 0.0693. The number of nitrogens with zero attached hydrogens (tertiary/aromatic N) is 8. The number of alkyl halides is 2. The van der Waals surface area contributed by atoms with Crippen LogP contribution in [-0.4, -0.2) is 66.6 Å². The predicted octanol–water partition coefficient (Wildman–Crippen LogP) is 2.05. The van der Waals surface area contributed by atoms with Crippen molar-refractivity contribution in [2.24, 2.45) is 7.05 Å². The highest BCUT2D eigenvalue weighted by Gasteiger charge is 2.36. The average molecular weight is 418 g/mol. The zero-order chi connectivity index (χ0) is 21.8. The molecule has 160 valence electrons. The van der Waals surface area contributed by atoms with E-state index in [1.165, 1.54) is 22.8 Å². The molecule has 1 amide bonds. The van der Waals surface area contributed by atoms with Gasteiger partial charge in [0, 0.05) is 38.8 Å². The van der Waals surface area contributed by atoms with Crippen molar-refractivity contribution < 1.29 is 13.6 Å². The van der Waals surface area contributed by atoms with Gasteiger partial charge in [-0.3, -0.25) is 9.48 Å². The van der Waals surface area contributed by atoms with E-state index in [1.807, 2.05) is 37.8 Å². The number of rotatable bonds is 4. The maximum atomic E-state index is 13.2. The number of aromatic nitrogens is 6. The van der Waals surface area contributed by atoms with Gasteiger partial charge >= 0.3 is 0 Å². The van der Waals surface area contributed by atoms with E-state index < -0.39 is 18.0 Å². The first-order chi connectivity index (χ1) is 14.1. The summed E-state index contributed by atoms with van der Waals surface area (Å²) in [6, 6.07) is 3.62. The molecule has 4 rings (SSSR count). The molecule has 1 saturated heterocycles. The van der Waals surface area contributed by atoms with E-state index in [0.717, 1.165) is 11.6 Å². The Labute approximate surface area is 172 Å². The van der Waals surface area contributed by atoms with Crippen LogP contribution in [0.3, 0.4) is 0 Å². The van der Waals surface area contributed by atoms with Crippen molar-refractivity contribution >= 4 is 17.4 Å². The summed E-state index contributed by atoms with van der Waals surface area (Å²) in [5, 5.41) is 16.8. The van der Waals surface area contributed by atoms with Gasteiger partial charge in [0.05, 0.1) is 11.6 Å². The van der Waals surface area contributed by atoms with Gasteiger partial charge in [-0.1, -0.05) is 20.8 Å². The molecule has 4 heterocycles. The number of hydrogen-bond donors (Lipinski definition) is 0. The molecule has 0 saturated carbocycles. The molecule has 3 aromatic rings. The molecule has 30 heavy (non-hydrogen) atoms. The molecular formula is C19H24F2N8O. The molecule has 0 aromatic carbocycles. The lowest BCUT2D eigenvalue weighted by Crippen LogP contribution is -2.60. The molecule has 0 spiro atoms. The molecule has 0 unspecified atom stereocenters. The van der Waals surface area contributed by atoms with Crippen molar-refractivity contribution in [1.29, 1.82) is 0 Å². The predicted molar refractivity (Wildman–Crippen MR) is 106 cm³/mol. The smallest absolute Gasteiger partial charge is 0.282 e. The molecule has 0 radical (unpaired) electrons. The van der Waals surface area contributed by atoms with E-state index in [0.29, 0.717) is 18.7 Å². The summed E-state index contributed by atoms with van der Waals surface area (Å²) in [5.74, 6) is 1.06. The normalized spacial score (nSPS) is 15.1. The Hall–Kier alpha value is -3.11. The SMILES string of the molecule is CN(C(=O)c1cn(C)nc1C(F)F)C1CN(c2ccc3nnc(C(C)(C)C)n3n2)C1. The number of likely N-dealkylation sites (N-methyl/N-ethyl adjacent to an activating group) is 1. The van der Waals surface area contributed by atoms with E-state index in [2.05, 4.69) is 20.4 Å². The van der Waals surface area contributed by atoms with Gasteiger partial charge in [-0.25, -0.2) is 8.78 Å². The average Bonchev–Trinajstić information content (AvgIpc) is 3.22. The highest BCUT2D eigenvalue weighted by atomic mass is 19.3. The first-order valence-electron chi connectivity index (χ1n) is 9.63. The van der Waals surface area contributed by atoms with Crippen molar-refractivity contribution in [3.63, 3.8) is 0 Å². The summed E-state index contributed by atoms with van der Waals surface area (Å²) in [6.45, 7) is 7.24. The van der Waals surface area contributed by atoms with E-state index >= 15 is 0 Å². The van der Waals surface area contributed by atoms with E-state index in [1.54, 1.807) is 11.6 Å². The Bertz CT molecular complexity index is 1090. The summed E-state index contributed by atoms with van der Waals surface area (Å²) in [5.41, 5.74) is -0.0854. The molecule has 3 aromatic heterocycles. The quantitative estimate of drug-likeness (QED) is 0.645. The first-order valence-corrected chi connectivity index (χ1v) is 9.63. The monoisotopic (exact) mass is 418 g/mol. The highest BCUT2D eigenvalue weighted by molar-refractivity contribution is 5.95. The van der Waals surface area contributed by atoms with Crippen molar-refractivity contribution in [3.05, 3.63) is 35.4 Å². The van der Waals surface area contributed by atoms with Gasteiger partial charge < -0.3 is 9.80 Å². The number of fused-ring (bicyclic) bond motifs is 1. The third-order valence-electron chi connectivity index (χ3n) is 5.27. The minimum atomic E-state index is -2.80. The molecule has 1 aliphatic rings. The fourth-order valence-corrected chi connectivity index (χ4v) is 3.49. The van der Waals surface area contributed by atoms with Crippen LogP contribution in [0.25, 0.3) is 5.65 Å². The minimum Gasteiger partial charge on any atom is -0.351 e. The van der Waals surface area contributed by atoms with Gasteiger partial charge in [-0.15, -0.1) is 15.3 Å². The number of anilines is 1. The summed E-state index contributed by atoms with van der Waals surface area (Å²) < 4.78 is 29.3. The Morgan fingerprint density at radius 3 is 2.53 bits per heavy atom. The van der Waals surface area contributed by atoms with Crippen molar-refractivity contribution in [1.82, 2.24) is 34.5 Å². The number of amides is 1. The fraction of sp³-hybridized carbons (Fsp3) is 0.526. The van der Waals surface area contributed by atoms with Gasteiger partial charge in [0.15, 0.2) is 11.5 Å². The van der Waals surface area contributed by atoms with Crippen molar-refractivity contribution in [2.45, 2.75) is 38.7 Å². The second kappa shape index (κ2) is 6.99. The molecular weight excluding hydrogens is 394 g/mol. The third-order valence-corrected chi connectivity index (χ3v) is 5.27. The summed E-state index contributed by atoms with van der Waals surface area (Å²) in [6.07, 6.45) is -1.46. The minimum absolute atomic E-state index is 0.0627. The van der Waals surface area contributed by atoms with Gasteiger partial charge in [-0.05, 0) is 12.1 Å². The van der Waals surface area contributed by atoms with Crippen molar-refractivity contribution in [3.8, 4) is 0 Å². The van der Waals surface area contributed by atoms with Crippen LogP contribution in [0, 0.1) is 0 Å². The number of hydrogen-bond acceptors (Lipinski definition) is 6. The van der Waals surface area contributed by atoms with Crippen LogP contribution in [0.4, 0.5) is 14.6 Å². The van der Waals surface area contributed by atoms with Gasteiger partial charge in [0.1, 0.15) is 11.5 Å². The Balaban J connectivity index is 1.49. The zero-order valence-electron chi connectivity index (χ0n) is 17.5. The van der Waals surface area contributed by atoms with Crippen LogP contribution in [0.2, 0.25) is 0 Å². The first kappa shape index (κ1) is 20.2. The topological polar surface area (TPSA) is 84.5 Å². The second-order valence-electron chi connectivity index (χ2n) is 8.61. The summed E-state index contributed by atoms with van der Waals surface area (Å²) in [4.78, 5) is 16.3. The van der Waals surface area contributed by atoms with Crippen LogP contribution in [-0.2, 0) is 12.5 Å². The van der Waals surface area contributed by atoms with E-state index in [-0.39, 0.29) is 17.0 Å². The van der Waals surface area contributed by atoms with Gasteiger partial charge in [0.2, 0.25) is 0 Å². The number of carbonyl (C=O) groups excluding carboxylic acids is 1. The van der Waals surface area contributed by atoms with Gasteiger partial charge in [0.25, 0.3) is 12.3 Å². The third kappa shape index (κ3) is 3.37. The largest absolute Gasteiger partial charge is 0.351 e. The second-order valence-corrected chi connectivity index (χ2v) is 8.61. The lowest BCUT2D eigenvalue weighted by Gasteiger charge is -2.44. The molecule has 0 N–H and O–H groups in total. The maximum absolute atomic E-state index is 13.2. The van der Waals surface area contributed by atoms with Crippen LogP contribution in [0.15, 0.2) is 18.3 Å². The van der Waals surface area contributed by atoms with Crippen LogP contribution in [0.1, 0.15) is 49.1 Å². The van der Waals surface area contributed by atoms with Crippen molar-refractivity contribution in [2.75, 3.05) is 25.0 Å². The van der Waals surface area contributed by atoms with E-state index in [9.17, 15) is 13.6 Å². The molecule has 0 aliphatic carbocycles. The molecule has 11 heteroatoms. The number of halogens is 2. The Morgan fingerprint density at radius 1 is 1.20 bits per heavy atom. The Kier molecular flexibility index (Phi) is 4.70. The van der Waals surface area contributed by atoms with E-state index in [4.69, 9.17) is 0 Å². The highest BCUT2D eigenvalue weighted by Crippen LogP contribution is 2.27. The Morgan fingerprint density at radius 2 is 1.90 bits per heavy atom. The number of aryl methyl sites for hydroxylation is 1. The maximum Gasteiger partial charge on any atom is 0.282 e. The van der Waals surface area contributed by atoms with Crippen LogP contribution >= 0.6 is 0 Å². The zero-order valence-corrected chi connectivity index (χ0v) is 17.5.